The summed E-state index contributed by atoms with van der Waals surface area (Å²) in [5, 5.41) is -0.468. The van der Waals surface area contributed by atoms with E-state index in [4.69, 9.17) is 5.73 Å². The molecule has 1 fully saturated rings. The molecule has 3 aliphatic rings. The van der Waals surface area contributed by atoms with Crippen LogP contribution in [0.3, 0.4) is 0 Å². The number of thiophene rings is 1. The lowest BCUT2D eigenvalue weighted by Crippen LogP contribution is -2.59. The second-order valence-electron chi connectivity index (χ2n) is 9.57. The first-order chi connectivity index (χ1) is 16.4. The number of aromatic nitrogens is 2. The monoisotopic (exact) mass is 519 g/mol. The van der Waals surface area contributed by atoms with Crippen molar-refractivity contribution in [1.82, 2.24) is 9.55 Å². The number of H-pyrrole nitrogens is 1. The maximum absolute atomic E-state index is 15.8. The Morgan fingerprint density at radius 2 is 1.89 bits per heavy atom. The number of nitrogens with one attached hydrogen (secondary N) is 1. The minimum Gasteiger partial charge on any atom is -0.320 e. The normalized spacial score (nSPS) is 25.6. The highest BCUT2D eigenvalue weighted by Gasteiger charge is 2.44. The van der Waals surface area contributed by atoms with Gasteiger partial charge in [0.2, 0.25) is 0 Å². The number of fused-ring (bicyclic) bond motifs is 2. The van der Waals surface area contributed by atoms with Gasteiger partial charge in [0.05, 0.1) is 16.5 Å². The van der Waals surface area contributed by atoms with E-state index in [1.807, 2.05) is 0 Å². The van der Waals surface area contributed by atoms with Crippen molar-refractivity contribution in [2.45, 2.75) is 75.8 Å². The Kier molecular flexibility index (Phi) is 5.82. The summed E-state index contributed by atoms with van der Waals surface area (Å²) in [6.45, 7) is 1.52. The van der Waals surface area contributed by atoms with E-state index in [0.717, 1.165) is 4.88 Å². The van der Waals surface area contributed by atoms with E-state index >= 15 is 4.39 Å². The van der Waals surface area contributed by atoms with Crippen molar-refractivity contribution in [2.24, 2.45) is 11.7 Å². The second-order valence-corrected chi connectivity index (χ2v) is 10.7. The van der Waals surface area contributed by atoms with Crippen LogP contribution in [0.25, 0.3) is 11.1 Å². The summed E-state index contributed by atoms with van der Waals surface area (Å²) in [5.41, 5.74) is 3.58. The number of aryl methyl sites for hydroxylation is 1. The number of halogens is 6. The molecule has 3 N–H and O–H groups in total. The molecule has 0 aliphatic heterocycles. The van der Waals surface area contributed by atoms with Gasteiger partial charge >= 0.3 is 11.9 Å². The molecule has 2 aromatic heterocycles. The number of hydrogen-bond acceptors (Lipinski definition) is 4. The Morgan fingerprint density at radius 3 is 2.49 bits per heavy atom. The van der Waals surface area contributed by atoms with Gasteiger partial charge < -0.3 is 5.73 Å². The maximum Gasteiger partial charge on any atom is 0.403 e. The van der Waals surface area contributed by atoms with Crippen LogP contribution >= 0.6 is 11.3 Å². The third kappa shape index (κ3) is 3.98. The van der Waals surface area contributed by atoms with Gasteiger partial charge in [-0.05, 0) is 62.1 Å². The molecule has 3 aliphatic carbocycles. The van der Waals surface area contributed by atoms with Gasteiger partial charge in [0, 0.05) is 21.4 Å². The van der Waals surface area contributed by atoms with Gasteiger partial charge in [-0.1, -0.05) is 0 Å². The van der Waals surface area contributed by atoms with Crippen LogP contribution in [0.15, 0.2) is 15.7 Å². The molecular formula is C23H23F6N3O2S. The highest BCUT2D eigenvalue weighted by molar-refractivity contribution is 7.12. The number of hydrogen-bond donors (Lipinski definition) is 2. The highest BCUT2D eigenvalue weighted by atomic mass is 32.1. The minimum atomic E-state index is -4.54. The van der Waals surface area contributed by atoms with Crippen LogP contribution in [-0.4, -0.2) is 34.4 Å². The molecule has 0 saturated heterocycles. The fourth-order valence-electron chi connectivity index (χ4n) is 5.46. The van der Waals surface area contributed by atoms with Gasteiger partial charge in [-0.2, -0.15) is 13.2 Å². The number of nitrogens with zero attached hydrogens (tertiary/aromatic N) is 1. The van der Waals surface area contributed by atoms with E-state index in [1.54, 1.807) is 6.07 Å². The molecule has 0 radical (unpaired) electrons. The zero-order valence-electron chi connectivity index (χ0n) is 18.6. The SMILES string of the molecule is CC1=c2c(c(=O)[nH]c(=O)n2C2CC2)=C(C(F)F)C(F)C1c1cc2c(s1)CCC(C(N)C(F)(F)F)C2. The molecule has 5 rings (SSSR count). The number of aromatic amines is 1. The largest absolute Gasteiger partial charge is 0.403 e. The van der Waals surface area contributed by atoms with Crippen molar-refractivity contribution in [3.05, 3.63) is 52.8 Å². The minimum absolute atomic E-state index is 0.0267. The predicted octanol–water partition coefficient (Wildman–Crippen LogP) is 2.65. The highest BCUT2D eigenvalue weighted by Crippen LogP contribution is 2.44. The molecule has 1 saturated carbocycles. The van der Waals surface area contributed by atoms with Gasteiger partial charge in [0.1, 0.15) is 12.2 Å². The summed E-state index contributed by atoms with van der Waals surface area (Å²) in [7, 11) is 0. The maximum atomic E-state index is 15.8. The van der Waals surface area contributed by atoms with Crippen LogP contribution < -0.4 is 27.6 Å². The Hall–Kier alpha value is -2.34. The average Bonchev–Trinajstić information content (AvgIpc) is 3.51. The van der Waals surface area contributed by atoms with E-state index in [2.05, 4.69) is 4.98 Å². The van der Waals surface area contributed by atoms with Crippen molar-refractivity contribution in [2.75, 3.05) is 0 Å². The molecule has 35 heavy (non-hydrogen) atoms. The quantitative estimate of drug-likeness (QED) is 0.610. The van der Waals surface area contributed by atoms with Crippen LogP contribution in [0.5, 0.6) is 0 Å². The summed E-state index contributed by atoms with van der Waals surface area (Å²) in [6.07, 6.45) is -8.16. The van der Waals surface area contributed by atoms with Gasteiger partial charge in [-0.25, -0.2) is 18.0 Å². The lowest BCUT2D eigenvalue weighted by atomic mass is 9.81. The summed E-state index contributed by atoms with van der Waals surface area (Å²) >= 11 is 1.18. The van der Waals surface area contributed by atoms with Gasteiger partial charge in [-0.15, -0.1) is 11.3 Å². The van der Waals surface area contributed by atoms with Gasteiger partial charge in [0.25, 0.3) is 12.0 Å². The summed E-state index contributed by atoms with van der Waals surface area (Å²) in [5.74, 6) is -2.01. The van der Waals surface area contributed by atoms with Crippen molar-refractivity contribution in [1.29, 1.82) is 0 Å². The molecule has 12 heteroatoms. The van der Waals surface area contributed by atoms with Gasteiger partial charge in [-0.3, -0.25) is 14.3 Å². The molecule has 0 bridgehead atoms. The zero-order chi connectivity index (χ0) is 25.4. The molecule has 0 amide bonds. The van der Waals surface area contributed by atoms with E-state index in [-0.39, 0.29) is 29.8 Å². The first kappa shape index (κ1) is 24.4. The van der Waals surface area contributed by atoms with Crippen LogP contribution in [-0.2, 0) is 12.8 Å². The summed E-state index contributed by atoms with van der Waals surface area (Å²) in [6, 6.07) is -0.669. The molecule has 2 heterocycles. The van der Waals surface area contributed by atoms with Crippen molar-refractivity contribution >= 4 is 22.5 Å². The molecular weight excluding hydrogens is 496 g/mol. The van der Waals surface area contributed by atoms with Gasteiger partial charge in [0.15, 0.2) is 0 Å². The molecule has 4 atom stereocenters. The standard InChI is InChI=1S/C23H23F6N3O2S/c1-8-14(13-7-10-6-9(2-5-12(10)35-13)19(30)23(27,28)29)17(24)15(20(25)26)16-18(8)32(11-3-4-11)22(34)31-21(16)33/h7,9,11,14,17,19-20H,2-6,30H2,1H3,(H,31,33,34). The first-order valence-corrected chi connectivity index (χ1v) is 12.2. The van der Waals surface area contributed by atoms with Crippen LogP contribution in [0.4, 0.5) is 26.3 Å². The van der Waals surface area contributed by atoms with Crippen molar-refractivity contribution in [3.8, 4) is 0 Å². The lowest BCUT2D eigenvalue weighted by Gasteiger charge is -2.28. The summed E-state index contributed by atoms with van der Waals surface area (Å²) < 4.78 is 84.7. The molecule has 190 valence electrons. The van der Waals surface area contributed by atoms with E-state index in [1.165, 1.54) is 22.8 Å². The third-order valence-electron chi connectivity index (χ3n) is 7.34. The third-order valence-corrected chi connectivity index (χ3v) is 8.66. The van der Waals surface area contributed by atoms with Crippen LogP contribution in [0.2, 0.25) is 0 Å². The van der Waals surface area contributed by atoms with E-state index in [9.17, 15) is 31.5 Å². The smallest absolute Gasteiger partial charge is 0.320 e. The van der Waals surface area contributed by atoms with Crippen LogP contribution in [0, 0.1) is 5.92 Å². The predicted molar refractivity (Wildman–Crippen MR) is 119 cm³/mol. The van der Waals surface area contributed by atoms with Crippen molar-refractivity contribution in [3.63, 3.8) is 0 Å². The zero-order valence-corrected chi connectivity index (χ0v) is 19.4. The Bertz CT molecular complexity index is 1420. The number of alkyl halides is 6. The summed E-state index contributed by atoms with van der Waals surface area (Å²) in [4.78, 5) is 28.4. The number of nitrogens with two attached hydrogens (primary N) is 1. The Morgan fingerprint density at radius 1 is 1.20 bits per heavy atom. The van der Waals surface area contributed by atoms with Crippen LogP contribution in [0.1, 0.15) is 53.5 Å². The molecule has 5 nitrogen and oxygen atoms in total. The Balaban J connectivity index is 1.66. The number of rotatable bonds is 4. The Labute approximate surface area is 199 Å². The fraction of sp³-hybridized carbons (Fsp3) is 0.565. The molecule has 0 aromatic carbocycles. The topological polar surface area (TPSA) is 80.9 Å². The molecule has 4 unspecified atom stereocenters. The second kappa shape index (κ2) is 8.36. The first-order valence-electron chi connectivity index (χ1n) is 11.4. The molecule has 2 aromatic rings. The fourth-order valence-corrected chi connectivity index (χ4v) is 6.86. The average molecular weight is 520 g/mol. The molecule has 0 spiro atoms. The van der Waals surface area contributed by atoms with Crippen molar-refractivity contribution < 1.29 is 26.3 Å². The van der Waals surface area contributed by atoms with E-state index in [0.29, 0.717) is 29.7 Å². The lowest BCUT2D eigenvalue weighted by molar-refractivity contribution is -0.159. The van der Waals surface area contributed by atoms with E-state index < -0.39 is 58.7 Å².